The topological polar surface area (TPSA) is 66.6 Å². The molecule has 0 fully saturated rings. The van der Waals surface area contributed by atoms with E-state index < -0.39 is 0 Å². The number of amides is 1. The van der Waals surface area contributed by atoms with Crippen LogP contribution >= 0.6 is 0 Å². The number of carbonyl (C=O) groups is 1. The van der Waals surface area contributed by atoms with Crippen LogP contribution in [0.1, 0.15) is 21.5 Å². The van der Waals surface area contributed by atoms with Crippen molar-refractivity contribution in [3.63, 3.8) is 0 Å². The summed E-state index contributed by atoms with van der Waals surface area (Å²) in [7, 11) is 0. The molecular formula is C17H20N2O2. The highest BCUT2D eigenvalue weighted by atomic mass is 16.3. The maximum atomic E-state index is 12.8. The average Bonchev–Trinajstić information content (AvgIpc) is 2.45. The van der Waals surface area contributed by atoms with Gasteiger partial charge in [0, 0.05) is 12.1 Å². The fraction of sp³-hybridized carbons (Fsp3) is 0.235. The second-order valence-corrected chi connectivity index (χ2v) is 5.06. The lowest BCUT2D eigenvalue weighted by Gasteiger charge is -2.24. The summed E-state index contributed by atoms with van der Waals surface area (Å²) < 4.78 is 0. The Bertz CT molecular complexity index is 653. The van der Waals surface area contributed by atoms with Crippen molar-refractivity contribution in [2.75, 3.05) is 23.8 Å². The molecule has 0 bridgehead atoms. The van der Waals surface area contributed by atoms with Crippen LogP contribution in [-0.2, 0) is 0 Å². The molecule has 0 saturated carbocycles. The predicted molar refractivity (Wildman–Crippen MR) is 85.5 cm³/mol. The molecule has 21 heavy (non-hydrogen) atoms. The van der Waals surface area contributed by atoms with E-state index in [-0.39, 0.29) is 19.1 Å². The predicted octanol–water partition coefficient (Wildman–Crippen LogP) is 2.52. The van der Waals surface area contributed by atoms with Crippen LogP contribution in [0.15, 0.2) is 42.5 Å². The number of hydrogen-bond acceptors (Lipinski definition) is 3. The molecule has 0 spiro atoms. The molecule has 0 aliphatic rings. The minimum atomic E-state index is -0.153. The highest BCUT2D eigenvalue weighted by molar-refractivity contribution is 6.08. The molecule has 0 unspecified atom stereocenters. The Labute approximate surface area is 124 Å². The molecule has 4 nitrogen and oxygen atoms in total. The summed E-state index contributed by atoms with van der Waals surface area (Å²) in [5.74, 6) is -0.153. The normalized spacial score (nSPS) is 10.4. The monoisotopic (exact) mass is 284 g/mol. The Morgan fingerprint density at radius 1 is 1.19 bits per heavy atom. The summed E-state index contributed by atoms with van der Waals surface area (Å²) in [6.07, 6.45) is 0. The number of aryl methyl sites for hydroxylation is 2. The van der Waals surface area contributed by atoms with Crippen molar-refractivity contribution < 1.29 is 9.90 Å². The molecule has 4 heteroatoms. The SMILES string of the molecule is Cc1ccc(C(=O)N(CCO)c2ccccc2N)c(C)c1. The summed E-state index contributed by atoms with van der Waals surface area (Å²) in [6, 6.07) is 12.9. The Morgan fingerprint density at radius 3 is 2.52 bits per heavy atom. The second kappa shape index (κ2) is 6.41. The van der Waals surface area contributed by atoms with Crippen molar-refractivity contribution in [2.45, 2.75) is 13.8 Å². The summed E-state index contributed by atoms with van der Waals surface area (Å²) in [5, 5.41) is 9.26. The van der Waals surface area contributed by atoms with E-state index in [9.17, 15) is 9.90 Å². The number of anilines is 2. The number of nitrogen functional groups attached to an aromatic ring is 1. The van der Waals surface area contributed by atoms with E-state index in [2.05, 4.69) is 0 Å². The Kier molecular flexibility index (Phi) is 4.60. The molecule has 0 heterocycles. The lowest BCUT2D eigenvalue weighted by Crippen LogP contribution is -2.34. The first-order valence-electron chi connectivity index (χ1n) is 6.89. The zero-order valence-corrected chi connectivity index (χ0v) is 12.3. The van der Waals surface area contributed by atoms with Crippen molar-refractivity contribution >= 4 is 17.3 Å². The van der Waals surface area contributed by atoms with E-state index in [0.717, 1.165) is 11.1 Å². The Hall–Kier alpha value is -2.33. The fourth-order valence-electron chi connectivity index (χ4n) is 2.36. The van der Waals surface area contributed by atoms with Gasteiger partial charge in [-0.3, -0.25) is 4.79 Å². The lowest BCUT2D eigenvalue weighted by atomic mass is 10.0. The first-order chi connectivity index (χ1) is 10.0. The van der Waals surface area contributed by atoms with Crippen LogP contribution in [0.4, 0.5) is 11.4 Å². The van der Waals surface area contributed by atoms with Gasteiger partial charge in [-0.1, -0.05) is 29.8 Å². The lowest BCUT2D eigenvalue weighted by molar-refractivity contribution is 0.0980. The summed E-state index contributed by atoms with van der Waals surface area (Å²) in [6.45, 7) is 3.99. The van der Waals surface area contributed by atoms with Gasteiger partial charge in [-0.15, -0.1) is 0 Å². The van der Waals surface area contributed by atoms with Crippen molar-refractivity contribution in [2.24, 2.45) is 0 Å². The maximum absolute atomic E-state index is 12.8. The minimum Gasteiger partial charge on any atom is -0.397 e. The molecule has 0 atom stereocenters. The van der Waals surface area contributed by atoms with Gasteiger partial charge in [0.1, 0.15) is 0 Å². The molecule has 0 saturated heterocycles. The number of nitrogens with zero attached hydrogens (tertiary/aromatic N) is 1. The van der Waals surface area contributed by atoms with Gasteiger partial charge >= 0.3 is 0 Å². The number of benzene rings is 2. The summed E-state index contributed by atoms with van der Waals surface area (Å²) in [4.78, 5) is 14.3. The largest absolute Gasteiger partial charge is 0.397 e. The molecular weight excluding hydrogens is 264 g/mol. The molecule has 0 aliphatic heterocycles. The number of carbonyl (C=O) groups excluding carboxylic acids is 1. The van der Waals surface area contributed by atoms with Crippen LogP contribution in [0.3, 0.4) is 0 Å². The molecule has 2 rings (SSSR count). The standard InChI is InChI=1S/C17H20N2O2/c1-12-7-8-14(13(2)11-12)17(21)19(9-10-20)16-6-4-3-5-15(16)18/h3-8,11,20H,9-10,18H2,1-2H3. The molecule has 2 aromatic carbocycles. The van der Waals surface area contributed by atoms with E-state index in [1.54, 1.807) is 12.1 Å². The smallest absolute Gasteiger partial charge is 0.258 e. The van der Waals surface area contributed by atoms with Crippen LogP contribution in [0, 0.1) is 13.8 Å². The minimum absolute atomic E-state index is 0.120. The molecule has 0 aromatic heterocycles. The van der Waals surface area contributed by atoms with Gasteiger partial charge in [0.25, 0.3) is 5.91 Å². The van der Waals surface area contributed by atoms with Gasteiger partial charge in [0.15, 0.2) is 0 Å². The Morgan fingerprint density at radius 2 is 1.90 bits per heavy atom. The molecule has 3 N–H and O–H groups in total. The van der Waals surface area contributed by atoms with Crippen molar-refractivity contribution in [1.82, 2.24) is 0 Å². The van der Waals surface area contributed by atoms with Gasteiger partial charge in [-0.25, -0.2) is 0 Å². The van der Waals surface area contributed by atoms with Crippen LogP contribution in [0.2, 0.25) is 0 Å². The van der Waals surface area contributed by atoms with Crippen molar-refractivity contribution in [3.05, 3.63) is 59.2 Å². The van der Waals surface area contributed by atoms with Gasteiger partial charge in [0.05, 0.1) is 18.0 Å². The highest BCUT2D eigenvalue weighted by Crippen LogP contribution is 2.25. The first kappa shape index (κ1) is 15.1. The van der Waals surface area contributed by atoms with E-state index >= 15 is 0 Å². The zero-order valence-electron chi connectivity index (χ0n) is 12.3. The van der Waals surface area contributed by atoms with Gasteiger partial charge in [-0.2, -0.15) is 0 Å². The summed E-state index contributed by atoms with van der Waals surface area (Å²) in [5.41, 5.74) is 9.74. The number of aliphatic hydroxyl groups is 1. The number of rotatable bonds is 4. The maximum Gasteiger partial charge on any atom is 0.258 e. The third kappa shape index (κ3) is 3.23. The van der Waals surface area contributed by atoms with E-state index in [0.29, 0.717) is 16.9 Å². The highest BCUT2D eigenvalue weighted by Gasteiger charge is 2.20. The Balaban J connectivity index is 2.43. The first-order valence-corrected chi connectivity index (χ1v) is 6.89. The van der Waals surface area contributed by atoms with E-state index in [4.69, 9.17) is 5.73 Å². The zero-order chi connectivity index (χ0) is 15.4. The number of aliphatic hydroxyl groups excluding tert-OH is 1. The fourth-order valence-corrected chi connectivity index (χ4v) is 2.36. The molecule has 2 aromatic rings. The van der Waals surface area contributed by atoms with E-state index in [1.807, 2.05) is 44.2 Å². The van der Waals surface area contributed by atoms with Crippen LogP contribution < -0.4 is 10.6 Å². The average molecular weight is 284 g/mol. The van der Waals surface area contributed by atoms with Crippen molar-refractivity contribution in [1.29, 1.82) is 0 Å². The second-order valence-electron chi connectivity index (χ2n) is 5.06. The van der Waals surface area contributed by atoms with Crippen LogP contribution in [-0.4, -0.2) is 24.2 Å². The van der Waals surface area contributed by atoms with Crippen LogP contribution in [0.25, 0.3) is 0 Å². The molecule has 0 radical (unpaired) electrons. The quantitative estimate of drug-likeness (QED) is 0.848. The third-order valence-electron chi connectivity index (χ3n) is 3.41. The van der Waals surface area contributed by atoms with Crippen LogP contribution in [0.5, 0.6) is 0 Å². The number of para-hydroxylation sites is 2. The number of nitrogens with two attached hydrogens (primary N) is 1. The van der Waals surface area contributed by atoms with Crippen molar-refractivity contribution in [3.8, 4) is 0 Å². The van der Waals surface area contributed by atoms with Gasteiger partial charge < -0.3 is 15.7 Å². The molecule has 110 valence electrons. The third-order valence-corrected chi connectivity index (χ3v) is 3.41. The molecule has 0 aliphatic carbocycles. The van der Waals surface area contributed by atoms with E-state index in [1.165, 1.54) is 4.90 Å². The summed E-state index contributed by atoms with van der Waals surface area (Å²) >= 11 is 0. The number of hydrogen-bond donors (Lipinski definition) is 2. The molecule has 1 amide bonds. The van der Waals surface area contributed by atoms with Gasteiger partial charge in [0.2, 0.25) is 0 Å². The van der Waals surface area contributed by atoms with Gasteiger partial charge in [-0.05, 0) is 37.6 Å².